The van der Waals surface area contributed by atoms with Gasteiger partial charge in [0.1, 0.15) is 4.90 Å². The van der Waals surface area contributed by atoms with E-state index in [9.17, 15) is 8.42 Å². The number of ether oxygens (including phenoxy) is 1. The van der Waals surface area contributed by atoms with Crippen LogP contribution in [0.3, 0.4) is 0 Å². The van der Waals surface area contributed by atoms with Crippen molar-refractivity contribution in [3.8, 4) is 0 Å². The fraction of sp³-hybridized carbons (Fsp3) is 0.700. The Hall–Kier alpha value is -1.16. The predicted octanol–water partition coefficient (Wildman–Crippen LogP) is -1.31. The first-order valence-corrected chi connectivity index (χ1v) is 7.33. The maximum Gasteiger partial charge on any atom is 0.248 e. The summed E-state index contributed by atoms with van der Waals surface area (Å²) in [7, 11) is -2.07. The highest BCUT2D eigenvalue weighted by molar-refractivity contribution is 7.89. The van der Waals surface area contributed by atoms with Crippen molar-refractivity contribution in [2.45, 2.75) is 17.9 Å². The van der Waals surface area contributed by atoms with Crippen molar-refractivity contribution in [3.63, 3.8) is 0 Å². The molecular formula is C10H18N4O4S. The number of nitrogens with two attached hydrogens (primary N) is 1. The third kappa shape index (κ3) is 2.46. The molecule has 1 atom stereocenters. The highest BCUT2D eigenvalue weighted by atomic mass is 32.2. The molecule has 2 heterocycles. The second kappa shape index (κ2) is 5.08. The van der Waals surface area contributed by atoms with Gasteiger partial charge in [-0.2, -0.15) is 9.40 Å². The van der Waals surface area contributed by atoms with Gasteiger partial charge in [0, 0.05) is 20.1 Å². The first-order chi connectivity index (χ1) is 8.87. The molecule has 0 amide bonds. The van der Waals surface area contributed by atoms with Crippen molar-refractivity contribution in [3.05, 3.63) is 5.69 Å². The van der Waals surface area contributed by atoms with Crippen LogP contribution in [0.15, 0.2) is 4.90 Å². The molecule has 1 saturated heterocycles. The quantitative estimate of drug-likeness (QED) is 0.715. The minimum Gasteiger partial charge on any atom is -0.394 e. The summed E-state index contributed by atoms with van der Waals surface area (Å²) in [4.78, 5) is 0.0357. The number of hydrogen-bond acceptors (Lipinski definition) is 6. The van der Waals surface area contributed by atoms with Crippen LogP contribution in [0, 0.1) is 6.92 Å². The van der Waals surface area contributed by atoms with Crippen LogP contribution in [0.2, 0.25) is 0 Å². The molecule has 1 aromatic rings. The number of nitrogen functional groups attached to an aromatic ring is 1. The molecule has 2 rings (SSSR count). The predicted molar refractivity (Wildman–Crippen MR) is 67.9 cm³/mol. The molecule has 0 aromatic carbocycles. The Morgan fingerprint density at radius 3 is 2.79 bits per heavy atom. The topological polar surface area (TPSA) is 111 Å². The largest absolute Gasteiger partial charge is 0.394 e. The van der Waals surface area contributed by atoms with Crippen molar-refractivity contribution in [2.24, 2.45) is 7.05 Å². The van der Waals surface area contributed by atoms with E-state index in [1.54, 1.807) is 14.0 Å². The van der Waals surface area contributed by atoms with Crippen LogP contribution in [-0.2, 0) is 21.8 Å². The third-order valence-electron chi connectivity index (χ3n) is 3.21. The number of hydrogen-bond donors (Lipinski definition) is 2. The van der Waals surface area contributed by atoms with Gasteiger partial charge in [0.25, 0.3) is 0 Å². The zero-order valence-electron chi connectivity index (χ0n) is 10.9. The highest BCUT2D eigenvalue weighted by Gasteiger charge is 2.34. The number of aliphatic hydroxyl groups is 1. The van der Waals surface area contributed by atoms with Gasteiger partial charge in [-0.05, 0) is 6.92 Å². The maximum atomic E-state index is 12.6. The number of anilines is 1. The second-order valence-corrected chi connectivity index (χ2v) is 6.34. The van der Waals surface area contributed by atoms with Crippen molar-refractivity contribution >= 4 is 15.8 Å². The molecule has 108 valence electrons. The standard InChI is InChI=1S/C10H18N4O4S/c1-7-9(10(11)12-13(7)2)19(16,17)14-3-4-18-8(5-14)6-15/h8,15H,3-6H2,1-2H3,(H2,11,12). The lowest BCUT2D eigenvalue weighted by molar-refractivity contribution is -0.0304. The van der Waals surface area contributed by atoms with E-state index in [0.717, 1.165) is 0 Å². The summed E-state index contributed by atoms with van der Waals surface area (Å²) in [5.41, 5.74) is 6.17. The van der Waals surface area contributed by atoms with Crippen LogP contribution in [0.4, 0.5) is 5.82 Å². The summed E-state index contributed by atoms with van der Waals surface area (Å²) >= 11 is 0. The molecule has 3 N–H and O–H groups in total. The number of aromatic nitrogens is 2. The van der Waals surface area contributed by atoms with Crippen molar-refractivity contribution in [1.82, 2.24) is 14.1 Å². The Balaban J connectivity index is 2.37. The summed E-state index contributed by atoms with van der Waals surface area (Å²) in [5.74, 6) is -0.00737. The molecule has 9 heteroatoms. The van der Waals surface area contributed by atoms with Crippen LogP contribution in [0.5, 0.6) is 0 Å². The normalized spacial score (nSPS) is 21.7. The minimum atomic E-state index is -3.71. The van der Waals surface area contributed by atoms with Crippen molar-refractivity contribution in [2.75, 3.05) is 32.0 Å². The maximum absolute atomic E-state index is 12.6. The molecule has 0 saturated carbocycles. The SMILES string of the molecule is Cc1c(S(=O)(=O)N2CCOC(CO)C2)c(N)nn1C. The monoisotopic (exact) mass is 290 g/mol. The van der Waals surface area contributed by atoms with Crippen molar-refractivity contribution < 1.29 is 18.3 Å². The van der Waals surface area contributed by atoms with Crippen LogP contribution < -0.4 is 5.73 Å². The fourth-order valence-electron chi connectivity index (χ4n) is 2.08. The number of aliphatic hydroxyl groups excluding tert-OH is 1. The Bertz CT molecular complexity index is 568. The van der Waals surface area contributed by atoms with E-state index in [2.05, 4.69) is 5.10 Å². The summed E-state index contributed by atoms with van der Waals surface area (Å²) in [6, 6.07) is 0. The Labute approximate surface area is 111 Å². The number of morpholine rings is 1. The van der Waals surface area contributed by atoms with Crippen LogP contribution >= 0.6 is 0 Å². The zero-order chi connectivity index (χ0) is 14.2. The number of sulfonamides is 1. The van der Waals surface area contributed by atoms with Gasteiger partial charge < -0.3 is 15.6 Å². The van der Waals surface area contributed by atoms with E-state index in [1.165, 1.54) is 8.99 Å². The number of aryl methyl sites for hydroxylation is 1. The molecule has 0 bridgehead atoms. The molecule has 0 aliphatic carbocycles. The van der Waals surface area contributed by atoms with E-state index in [4.69, 9.17) is 15.6 Å². The van der Waals surface area contributed by atoms with Crippen molar-refractivity contribution in [1.29, 1.82) is 0 Å². The summed E-state index contributed by atoms with van der Waals surface area (Å²) in [6.07, 6.45) is -0.498. The molecule has 1 aliphatic rings. The fourth-order valence-corrected chi connectivity index (χ4v) is 3.83. The van der Waals surface area contributed by atoms with Gasteiger partial charge in [-0.25, -0.2) is 8.42 Å². The van der Waals surface area contributed by atoms with Gasteiger partial charge in [-0.1, -0.05) is 0 Å². The van der Waals surface area contributed by atoms with Gasteiger partial charge >= 0.3 is 0 Å². The Morgan fingerprint density at radius 1 is 1.58 bits per heavy atom. The first kappa shape index (κ1) is 14.3. The molecule has 0 spiro atoms. The smallest absolute Gasteiger partial charge is 0.248 e. The van der Waals surface area contributed by atoms with E-state index in [-0.39, 0.29) is 37.0 Å². The number of nitrogens with zero attached hydrogens (tertiary/aromatic N) is 3. The lowest BCUT2D eigenvalue weighted by Crippen LogP contribution is -2.47. The Morgan fingerprint density at radius 2 is 2.26 bits per heavy atom. The molecule has 0 radical (unpaired) electrons. The Kier molecular flexibility index (Phi) is 3.81. The molecule has 8 nitrogen and oxygen atoms in total. The lowest BCUT2D eigenvalue weighted by Gasteiger charge is -2.31. The van der Waals surface area contributed by atoms with Crippen LogP contribution in [0.1, 0.15) is 5.69 Å². The van der Waals surface area contributed by atoms with E-state index in [0.29, 0.717) is 5.69 Å². The van der Waals surface area contributed by atoms with Gasteiger partial charge in [0.05, 0.1) is 25.0 Å². The molecule has 1 unspecified atom stereocenters. The summed E-state index contributed by atoms with van der Waals surface area (Å²) in [6.45, 7) is 2.05. The van der Waals surface area contributed by atoms with Gasteiger partial charge in [0.2, 0.25) is 10.0 Å². The molecule has 1 fully saturated rings. The average molecular weight is 290 g/mol. The number of rotatable bonds is 3. The van der Waals surface area contributed by atoms with Crippen LogP contribution in [0.25, 0.3) is 0 Å². The van der Waals surface area contributed by atoms with E-state index < -0.39 is 16.1 Å². The zero-order valence-corrected chi connectivity index (χ0v) is 11.7. The minimum absolute atomic E-state index is 0.00737. The second-order valence-electron chi connectivity index (χ2n) is 4.46. The lowest BCUT2D eigenvalue weighted by atomic mass is 10.3. The summed E-state index contributed by atoms with van der Waals surface area (Å²) < 4.78 is 33.1. The first-order valence-electron chi connectivity index (χ1n) is 5.89. The van der Waals surface area contributed by atoms with Gasteiger partial charge in [-0.15, -0.1) is 0 Å². The van der Waals surface area contributed by atoms with E-state index >= 15 is 0 Å². The third-order valence-corrected chi connectivity index (χ3v) is 5.24. The van der Waals surface area contributed by atoms with E-state index in [1.807, 2.05) is 0 Å². The average Bonchev–Trinajstić information content (AvgIpc) is 2.63. The molecular weight excluding hydrogens is 272 g/mol. The molecule has 19 heavy (non-hydrogen) atoms. The highest BCUT2D eigenvalue weighted by Crippen LogP contribution is 2.26. The van der Waals surface area contributed by atoms with Gasteiger partial charge in [-0.3, -0.25) is 4.68 Å². The molecule has 1 aliphatic heterocycles. The van der Waals surface area contributed by atoms with Gasteiger partial charge in [0.15, 0.2) is 5.82 Å². The van der Waals surface area contributed by atoms with Crippen LogP contribution in [-0.4, -0.2) is 60.0 Å². The summed E-state index contributed by atoms with van der Waals surface area (Å²) in [5, 5.41) is 13.0. The molecule has 1 aromatic heterocycles.